The van der Waals surface area contributed by atoms with Crippen molar-refractivity contribution in [1.29, 1.82) is 0 Å². The van der Waals surface area contributed by atoms with Gasteiger partial charge in [-0.1, -0.05) is 37.3 Å². The number of hydrogen-bond acceptors (Lipinski definition) is 3. The molecule has 0 aliphatic heterocycles. The lowest BCUT2D eigenvalue weighted by atomic mass is 10.0. The van der Waals surface area contributed by atoms with Crippen molar-refractivity contribution >= 4 is 0 Å². The lowest BCUT2D eigenvalue weighted by molar-refractivity contribution is 0.0501. The molecule has 0 heterocycles. The van der Waals surface area contributed by atoms with Crippen LogP contribution in [0.4, 0.5) is 0 Å². The highest BCUT2D eigenvalue weighted by atomic mass is 16.3. The van der Waals surface area contributed by atoms with Crippen molar-refractivity contribution in [2.24, 2.45) is 0 Å². The molecule has 0 saturated heterocycles. The van der Waals surface area contributed by atoms with Gasteiger partial charge in [0, 0.05) is 12.6 Å². The topological polar surface area (TPSA) is 52.5 Å². The third-order valence-corrected chi connectivity index (χ3v) is 3.08. The monoisotopic (exact) mass is 237 g/mol. The number of nitrogens with one attached hydrogen (secondary N) is 1. The van der Waals surface area contributed by atoms with Crippen LogP contribution in [0, 0.1) is 0 Å². The van der Waals surface area contributed by atoms with E-state index in [0.717, 1.165) is 6.42 Å². The molecule has 1 rings (SSSR count). The Kier molecular flexibility index (Phi) is 5.62. The highest BCUT2D eigenvalue weighted by Gasteiger charge is 2.19. The van der Waals surface area contributed by atoms with E-state index in [2.05, 4.69) is 5.32 Å². The van der Waals surface area contributed by atoms with Gasteiger partial charge in [-0.05, 0) is 25.3 Å². The van der Waals surface area contributed by atoms with Gasteiger partial charge >= 0.3 is 0 Å². The predicted molar refractivity (Wildman–Crippen MR) is 69.9 cm³/mol. The largest absolute Gasteiger partial charge is 0.395 e. The molecule has 0 spiro atoms. The Labute approximate surface area is 103 Å². The zero-order chi connectivity index (χ0) is 12.7. The molecule has 0 amide bonds. The van der Waals surface area contributed by atoms with Gasteiger partial charge in [0.05, 0.1) is 12.2 Å². The average molecular weight is 237 g/mol. The first-order chi connectivity index (χ1) is 8.07. The second kappa shape index (κ2) is 6.74. The lowest BCUT2D eigenvalue weighted by Crippen LogP contribution is -2.44. The highest BCUT2D eigenvalue weighted by molar-refractivity contribution is 5.15. The second-order valence-corrected chi connectivity index (χ2v) is 4.80. The summed E-state index contributed by atoms with van der Waals surface area (Å²) in [5, 5.41) is 22.4. The molecule has 2 unspecified atom stereocenters. The molecule has 0 aliphatic rings. The highest BCUT2D eigenvalue weighted by Crippen LogP contribution is 2.08. The van der Waals surface area contributed by atoms with Crippen LogP contribution >= 0.6 is 0 Å². The maximum absolute atomic E-state index is 9.89. The smallest absolute Gasteiger partial charge is 0.0741 e. The van der Waals surface area contributed by atoms with Crippen LogP contribution in [-0.2, 0) is 6.42 Å². The Morgan fingerprint density at radius 2 is 1.94 bits per heavy atom. The van der Waals surface area contributed by atoms with Gasteiger partial charge in [0.15, 0.2) is 0 Å². The summed E-state index contributed by atoms with van der Waals surface area (Å²) in [5.41, 5.74) is 0.486. The van der Waals surface area contributed by atoms with Gasteiger partial charge in [0.1, 0.15) is 0 Å². The van der Waals surface area contributed by atoms with Crippen LogP contribution in [0.1, 0.15) is 25.8 Å². The third-order valence-electron chi connectivity index (χ3n) is 3.08. The van der Waals surface area contributed by atoms with Crippen LogP contribution in [0.15, 0.2) is 30.3 Å². The summed E-state index contributed by atoms with van der Waals surface area (Å²) in [5.74, 6) is 0. The van der Waals surface area contributed by atoms with Crippen molar-refractivity contribution < 1.29 is 10.2 Å². The van der Waals surface area contributed by atoms with Gasteiger partial charge in [-0.25, -0.2) is 0 Å². The zero-order valence-corrected chi connectivity index (χ0v) is 10.7. The molecule has 2 atom stereocenters. The lowest BCUT2D eigenvalue weighted by Gasteiger charge is -2.25. The first kappa shape index (κ1) is 14.2. The Bertz CT molecular complexity index is 311. The van der Waals surface area contributed by atoms with Crippen molar-refractivity contribution in [2.45, 2.75) is 38.3 Å². The molecule has 3 N–H and O–H groups in total. The third kappa shape index (κ3) is 5.31. The molecule has 0 saturated carbocycles. The molecule has 0 fully saturated rings. The number of rotatable bonds is 7. The Morgan fingerprint density at radius 3 is 2.47 bits per heavy atom. The summed E-state index contributed by atoms with van der Waals surface area (Å²) < 4.78 is 0. The Balaban J connectivity index is 2.44. The van der Waals surface area contributed by atoms with Gasteiger partial charge in [0.2, 0.25) is 0 Å². The van der Waals surface area contributed by atoms with Gasteiger partial charge in [-0.15, -0.1) is 0 Å². The van der Waals surface area contributed by atoms with Crippen LogP contribution < -0.4 is 5.32 Å². The maximum atomic E-state index is 9.89. The molecule has 0 aliphatic carbocycles. The fourth-order valence-electron chi connectivity index (χ4n) is 1.59. The van der Waals surface area contributed by atoms with E-state index in [1.54, 1.807) is 6.92 Å². The van der Waals surface area contributed by atoms with Gasteiger partial charge < -0.3 is 15.5 Å². The quantitative estimate of drug-likeness (QED) is 0.671. The summed E-state index contributed by atoms with van der Waals surface area (Å²) >= 11 is 0. The molecule has 3 nitrogen and oxygen atoms in total. The van der Waals surface area contributed by atoms with E-state index in [1.807, 2.05) is 37.3 Å². The molecule has 1 aromatic rings. The molecule has 0 aromatic heterocycles. The van der Waals surface area contributed by atoms with Crippen LogP contribution in [0.25, 0.3) is 0 Å². The maximum Gasteiger partial charge on any atom is 0.0741 e. The summed E-state index contributed by atoms with van der Waals surface area (Å²) in [7, 11) is 0. The van der Waals surface area contributed by atoms with E-state index in [-0.39, 0.29) is 12.6 Å². The standard InChI is InChI=1S/C14H23NO2/c1-3-14(2,17)11-15-13(10-16)9-12-7-5-4-6-8-12/h4-8,13,15-17H,3,9-11H2,1-2H3. The zero-order valence-electron chi connectivity index (χ0n) is 10.7. The molecule has 17 heavy (non-hydrogen) atoms. The minimum Gasteiger partial charge on any atom is -0.395 e. The van der Waals surface area contributed by atoms with Gasteiger partial charge in [0.25, 0.3) is 0 Å². The van der Waals surface area contributed by atoms with E-state index in [0.29, 0.717) is 13.0 Å². The van der Waals surface area contributed by atoms with Crippen LogP contribution in [-0.4, -0.2) is 35.0 Å². The molecule has 3 heteroatoms. The van der Waals surface area contributed by atoms with E-state index in [9.17, 15) is 10.2 Å². The van der Waals surface area contributed by atoms with Crippen LogP contribution in [0.5, 0.6) is 0 Å². The van der Waals surface area contributed by atoms with Crippen molar-refractivity contribution in [2.75, 3.05) is 13.2 Å². The molecule has 0 radical (unpaired) electrons. The normalized spacial score (nSPS) is 16.5. The minimum atomic E-state index is -0.704. The minimum absolute atomic E-state index is 0.00424. The second-order valence-electron chi connectivity index (χ2n) is 4.80. The molecular formula is C14H23NO2. The number of benzene rings is 1. The Hall–Kier alpha value is -0.900. The fourth-order valence-corrected chi connectivity index (χ4v) is 1.59. The van der Waals surface area contributed by atoms with E-state index in [4.69, 9.17) is 0 Å². The number of aliphatic hydroxyl groups is 2. The van der Waals surface area contributed by atoms with Crippen molar-refractivity contribution in [1.82, 2.24) is 5.32 Å². The van der Waals surface area contributed by atoms with Crippen LogP contribution in [0.3, 0.4) is 0 Å². The van der Waals surface area contributed by atoms with Gasteiger partial charge in [-0.2, -0.15) is 0 Å². The number of hydrogen-bond donors (Lipinski definition) is 3. The summed E-state index contributed by atoms with van der Waals surface area (Å²) in [6.45, 7) is 4.33. The van der Waals surface area contributed by atoms with Crippen molar-refractivity contribution in [3.63, 3.8) is 0 Å². The molecular weight excluding hydrogens is 214 g/mol. The van der Waals surface area contributed by atoms with E-state index < -0.39 is 5.60 Å². The summed E-state index contributed by atoms with van der Waals surface area (Å²) in [6.07, 6.45) is 1.47. The van der Waals surface area contributed by atoms with E-state index in [1.165, 1.54) is 5.56 Å². The first-order valence-electron chi connectivity index (χ1n) is 6.18. The first-order valence-corrected chi connectivity index (χ1v) is 6.18. The van der Waals surface area contributed by atoms with Crippen molar-refractivity contribution in [3.8, 4) is 0 Å². The summed E-state index contributed by atoms with van der Waals surface area (Å²) in [6, 6.07) is 10.0. The molecule has 1 aromatic carbocycles. The Morgan fingerprint density at radius 1 is 1.29 bits per heavy atom. The predicted octanol–water partition coefficient (Wildman–Crippen LogP) is 1.34. The van der Waals surface area contributed by atoms with Gasteiger partial charge in [-0.3, -0.25) is 0 Å². The SMILES string of the molecule is CCC(C)(O)CNC(CO)Cc1ccccc1. The molecule has 96 valence electrons. The molecule has 0 bridgehead atoms. The van der Waals surface area contributed by atoms with E-state index >= 15 is 0 Å². The number of aliphatic hydroxyl groups excluding tert-OH is 1. The van der Waals surface area contributed by atoms with Crippen LogP contribution in [0.2, 0.25) is 0 Å². The fraction of sp³-hybridized carbons (Fsp3) is 0.571. The average Bonchev–Trinajstić information content (AvgIpc) is 2.35. The summed E-state index contributed by atoms with van der Waals surface area (Å²) in [4.78, 5) is 0. The van der Waals surface area contributed by atoms with Crippen molar-refractivity contribution in [3.05, 3.63) is 35.9 Å².